The summed E-state index contributed by atoms with van der Waals surface area (Å²) in [5, 5.41) is 34.8. The topological polar surface area (TPSA) is 250 Å². The molecule has 4 bridgehead atoms. The number of benzene rings is 7. The summed E-state index contributed by atoms with van der Waals surface area (Å²) >= 11 is 12.1. The molecule has 20 nitrogen and oxygen atoms in total. The molecule has 2 saturated carbocycles. The summed E-state index contributed by atoms with van der Waals surface area (Å²) in [6.45, 7) is 8.38. The zero-order valence-electron chi connectivity index (χ0n) is 64.4. The summed E-state index contributed by atoms with van der Waals surface area (Å²) in [4.78, 5) is 76.6. The molecule has 19 rings (SSSR count). The maximum absolute atomic E-state index is 12.9. The number of aliphatic carboxylic acids is 2. The highest BCUT2D eigenvalue weighted by atomic mass is 35.5. The second-order valence-electron chi connectivity index (χ2n) is 30.5. The Morgan fingerprint density at radius 2 is 1.34 bits per heavy atom. The lowest BCUT2D eigenvalue weighted by molar-refractivity contribution is -0.185. The van der Waals surface area contributed by atoms with Crippen LogP contribution in [0.3, 0.4) is 0 Å². The van der Waals surface area contributed by atoms with Gasteiger partial charge in [0.05, 0.1) is 59.7 Å². The number of carboxylic acid groups (broad SMARTS) is 2. The van der Waals surface area contributed by atoms with Gasteiger partial charge in [0.2, 0.25) is 5.91 Å². The molecule has 2 saturated heterocycles. The molecule has 23 heteroatoms. The lowest BCUT2D eigenvalue weighted by Gasteiger charge is -2.62. The minimum absolute atomic E-state index is 0. The number of likely N-dealkylation sites (tertiary alicyclic amines) is 2. The summed E-state index contributed by atoms with van der Waals surface area (Å²) < 4.78 is 29.2. The highest BCUT2D eigenvalue weighted by Crippen LogP contribution is 2.66. The molecular weight excluding hydrogens is 1470 g/mol. The quantitative estimate of drug-likeness (QED) is 0.0679. The maximum atomic E-state index is 12.9. The van der Waals surface area contributed by atoms with Crippen LogP contribution in [0.1, 0.15) is 105 Å². The van der Waals surface area contributed by atoms with Crippen LogP contribution in [-0.2, 0) is 66.9 Å². The third kappa shape index (κ3) is 13.8. The maximum Gasteiger partial charge on any atom is 1.00 e. The van der Waals surface area contributed by atoms with Crippen LogP contribution in [0.25, 0.3) is 39.1 Å². The number of fused-ring (bicyclic) bond motifs is 2. The number of anilines is 2. The largest absolute Gasteiger partial charge is 1.00 e. The number of likely N-dealkylation sites (N-methyl/N-ethyl adjacent to an activating group) is 3. The number of nitrogens with zero attached hydrogens (tertiary/aromatic N) is 5. The van der Waals surface area contributed by atoms with Crippen LogP contribution in [0.5, 0.6) is 23.0 Å². The average Bonchev–Trinajstić information content (AvgIpc) is 1.45. The van der Waals surface area contributed by atoms with E-state index in [1.165, 1.54) is 44.3 Å². The van der Waals surface area contributed by atoms with Gasteiger partial charge in [-0.2, -0.15) is 0 Å². The summed E-state index contributed by atoms with van der Waals surface area (Å²) in [5.74, 6) is 3.50. The summed E-state index contributed by atoms with van der Waals surface area (Å²) in [6, 6.07) is 47.4. The molecule has 0 unspecified atom stereocenters. The first-order valence-electron chi connectivity index (χ1n) is 38.2. The van der Waals surface area contributed by atoms with Crippen molar-refractivity contribution in [3.05, 3.63) is 213 Å². The van der Waals surface area contributed by atoms with E-state index in [0.29, 0.717) is 87.4 Å². The molecule has 580 valence electrons. The number of Topliss-reactive ketones (excluding diaryl/α,β-unsaturated/α-hetero) is 2. The molecule has 7 aromatic carbocycles. The minimum atomic E-state index is -0.900. The van der Waals surface area contributed by atoms with Crippen molar-refractivity contribution in [3.63, 3.8) is 0 Å². The molecule has 111 heavy (non-hydrogen) atoms. The number of aromatic amines is 1. The number of piperidine rings is 2. The average molecular weight is 1560 g/mol. The van der Waals surface area contributed by atoms with E-state index in [2.05, 4.69) is 108 Å². The van der Waals surface area contributed by atoms with E-state index in [4.69, 9.17) is 56.8 Å². The molecular formula is C88H94Cl3N7O13. The normalized spacial score (nSPS) is 24.8. The van der Waals surface area contributed by atoms with Gasteiger partial charge in [0, 0.05) is 107 Å². The number of aliphatic hydroxyl groups is 1. The van der Waals surface area contributed by atoms with Crippen LogP contribution in [0.15, 0.2) is 162 Å². The number of rotatable bonds is 14. The SMILES string of the molecule is CCN(CC)C(=O)[C@@H]1C=C2c3cccc4[nH]cc(c34)C[C@H]2N(C)C1.COc1ccc2c3c1O[C@H]1C(=O)CC[C@@]4(O)[C@@H](C2)N(C)CC[C@]314.COc1ccc2c3c1O[C@H]1C(=O)CC[C@H]4[C@@H](C2)N(C)CC[C@]314.O=C(O)CCc1nc(-c2ccccc2)c(-c2ccccc2)o1.O=C(O)Cc1ccccc1Nc1c(Cl)cccc1Cl.[Cl-].[H+]. The summed E-state index contributed by atoms with van der Waals surface area (Å²) in [6.07, 6.45) is 11.0. The Bertz CT molecular complexity index is 5000. The van der Waals surface area contributed by atoms with E-state index in [0.717, 1.165) is 105 Å². The van der Waals surface area contributed by atoms with Crippen molar-refractivity contribution in [1.29, 1.82) is 0 Å². The number of methoxy groups -OCH3 is 2. The Morgan fingerprint density at radius 3 is 2.03 bits per heavy atom. The Balaban J connectivity index is 0.000000122. The van der Waals surface area contributed by atoms with Gasteiger partial charge in [0.15, 0.2) is 58.4 Å². The number of carboxylic acids is 2. The number of carbonyl (C=O) groups excluding carboxylic acids is 3. The fourth-order valence-electron chi connectivity index (χ4n) is 19.7. The van der Waals surface area contributed by atoms with Gasteiger partial charge in [-0.3, -0.25) is 28.9 Å². The fourth-order valence-corrected chi connectivity index (χ4v) is 20.2. The van der Waals surface area contributed by atoms with Gasteiger partial charge in [-0.05, 0) is 169 Å². The first-order valence-corrected chi connectivity index (χ1v) is 39.0. The Morgan fingerprint density at radius 1 is 0.703 bits per heavy atom. The van der Waals surface area contributed by atoms with Gasteiger partial charge in [0.25, 0.3) is 0 Å². The molecule has 9 aromatic rings. The predicted octanol–water partition coefficient (Wildman–Crippen LogP) is 11.4. The Hall–Kier alpha value is -9.51. The van der Waals surface area contributed by atoms with Gasteiger partial charge in [0.1, 0.15) is 5.69 Å². The number of H-pyrrole nitrogens is 1. The number of ketones is 2. The number of hydrogen-bond acceptors (Lipinski definition) is 16. The molecule has 10 aliphatic rings. The lowest BCUT2D eigenvalue weighted by atomic mass is 9.49. The van der Waals surface area contributed by atoms with Gasteiger partial charge >= 0.3 is 13.4 Å². The van der Waals surface area contributed by atoms with E-state index in [1.54, 1.807) is 50.6 Å². The van der Waals surface area contributed by atoms with Crippen LogP contribution in [-0.4, -0.2) is 178 Å². The monoisotopic (exact) mass is 1560 g/mol. The van der Waals surface area contributed by atoms with Crippen LogP contribution >= 0.6 is 23.2 Å². The number of ether oxygens (including phenoxy) is 4. The van der Waals surface area contributed by atoms with Crippen LogP contribution in [0, 0.1) is 11.8 Å². The van der Waals surface area contributed by atoms with Crippen LogP contribution in [0.2, 0.25) is 10.0 Å². The fraction of sp³-hybridized carbons (Fsp3) is 0.386. The third-order valence-electron chi connectivity index (χ3n) is 24.9. The van der Waals surface area contributed by atoms with E-state index in [9.17, 15) is 29.1 Å². The zero-order chi connectivity index (χ0) is 77.1. The number of nitrogens with one attached hydrogen (secondary N) is 2. The molecule has 5 N–H and O–H groups in total. The lowest BCUT2D eigenvalue weighted by Crippen LogP contribution is -3.00. The summed E-state index contributed by atoms with van der Waals surface area (Å²) in [5.41, 5.74) is 13.1. The van der Waals surface area contributed by atoms with Gasteiger partial charge in [-0.1, -0.05) is 138 Å². The molecule has 1 amide bonds. The molecule has 0 radical (unpaired) electrons. The van der Waals surface area contributed by atoms with Crippen molar-refractivity contribution in [1.82, 2.24) is 29.6 Å². The number of para-hydroxylation sites is 2. The number of hydrogen-bond donors (Lipinski definition) is 5. The number of aromatic nitrogens is 2. The second kappa shape index (κ2) is 31.9. The molecule has 5 aliphatic heterocycles. The van der Waals surface area contributed by atoms with Crippen molar-refractivity contribution in [2.24, 2.45) is 11.8 Å². The molecule has 7 heterocycles. The van der Waals surface area contributed by atoms with Gasteiger partial charge < -0.3 is 76.1 Å². The number of halogens is 3. The van der Waals surface area contributed by atoms with Gasteiger partial charge in [-0.15, -0.1) is 0 Å². The highest BCUT2D eigenvalue weighted by Gasteiger charge is 2.73. The van der Waals surface area contributed by atoms with Crippen molar-refractivity contribution < 1.29 is 76.5 Å². The van der Waals surface area contributed by atoms with E-state index in [1.807, 2.05) is 83.8 Å². The molecule has 10 atom stereocenters. The third-order valence-corrected chi connectivity index (χ3v) is 25.5. The number of aryl methyl sites for hydroxylation is 1. The van der Waals surface area contributed by atoms with Crippen molar-refractivity contribution in [3.8, 4) is 45.6 Å². The van der Waals surface area contributed by atoms with Crippen LogP contribution in [0.4, 0.5) is 11.4 Å². The van der Waals surface area contributed by atoms with Crippen molar-refractivity contribution in [2.75, 3.05) is 73.4 Å². The zero-order valence-corrected chi connectivity index (χ0v) is 65.6. The van der Waals surface area contributed by atoms with Crippen molar-refractivity contribution >= 4 is 80.5 Å². The minimum Gasteiger partial charge on any atom is -1.00 e. The molecule has 5 aliphatic carbocycles. The molecule has 2 aromatic heterocycles. The number of carbonyl (C=O) groups is 5. The van der Waals surface area contributed by atoms with Crippen LogP contribution < -0.4 is 36.7 Å². The van der Waals surface area contributed by atoms with Gasteiger partial charge in [-0.25, -0.2) is 4.98 Å². The number of amides is 1. The van der Waals surface area contributed by atoms with E-state index >= 15 is 0 Å². The second-order valence-corrected chi connectivity index (χ2v) is 31.3. The van der Waals surface area contributed by atoms with Crippen molar-refractivity contribution in [2.45, 2.75) is 138 Å². The number of oxazole rings is 1. The molecule has 4 fully saturated rings. The first kappa shape index (κ1) is 78.2. The summed E-state index contributed by atoms with van der Waals surface area (Å²) in [7, 11) is 9.76. The predicted molar refractivity (Wildman–Crippen MR) is 424 cm³/mol. The Labute approximate surface area is 663 Å². The molecule has 2 spiro atoms. The van der Waals surface area contributed by atoms with E-state index < -0.39 is 29.1 Å². The standard InChI is InChI=1S/C20H25N3O.C18H21NO4.C18H21NO3.C18H15NO3.C14H11Cl2NO2.ClH/c1-4-23(5-2)20(24)14-9-16-15-7-6-8-17-19(15)13(11-21-17)10-18(16)22(3)12-14;1-19-8-7-17-14-10-3-4-12(22-2)15(14)23-16(17)11(20)5-6-18(17,21)13(19)9-10;1-19-8-7-18-11-4-5-13(20)17(18)22-16-14(21-2)6-3-10(15(16)18)9-12(11)19;20-16(21)12-11-15-19-17(13-7-3-1-4-8-13)18(22-15)14-9-5-2-6-10-14;15-10-5-3-6-11(16)14(10)17-12-7-2-1-4-9(12)8-13(18)19;/h6-9,11,14,18,21H,4-5,10,12H2,1-3H3;3-4,13,16,21H,5-9H2,1-2H3;3,6,11-12,17H,4-5,7-9H2,1-2H3;1-10H,11-12H2,(H,20,21);1-7,17H,8H2,(H,18,19);1H/t14-,18-;13-,16+,17+,18-;11-,12+,17-,18-;;;/m110.../s1. The Kier molecular flexibility index (Phi) is 22.5. The van der Waals surface area contributed by atoms with E-state index in [-0.39, 0.29) is 74.0 Å². The highest BCUT2D eigenvalue weighted by molar-refractivity contribution is 6.39. The smallest absolute Gasteiger partial charge is 1.00 e. The first-order chi connectivity index (χ1) is 53.1.